The molecule has 124 valence electrons. The molecule has 24 heavy (non-hydrogen) atoms. The summed E-state index contributed by atoms with van der Waals surface area (Å²) in [6.07, 6.45) is 1.79. The van der Waals surface area contributed by atoms with Crippen LogP contribution in [0.15, 0.2) is 47.6 Å². The van der Waals surface area contributed by atoms with Crippen LogP contribution in [-0.2, 0) is 9.59 Å². The highest BCUT2D eigenvalue weighted by Gasteiger charge is 2.30. The Hall–Kier alpha value is -2.41. The first kappa shape index (κ1) is 16.4. The predicted molar refractivity (Wildman–Crippen MR) is 90.4 cm³/mol. The third kappa shape index (κ3) is 3.91. The van der Waals surface area contributed by atoms with Crippen LogP contribution in [0.5, 0.6) is 0 Å². The second-order valence-corrected chi connectivity index (χ2v) is 6.46. The summed E-state index contributed by atoms with van der Waals surface area (Å²) in [5.41, 5.74) is 1.01. The molecule has 2 heterocycles. The van der Waals surface area contributed by atoms with E-state index in [4.69, 9.17) is 0 Å². The Labute approximate surface area is 143 Å². The Morgan fingerprint density at radius 1 is 1.38 bits per heavy atom. The molecule has 0 spiro atoms. The molecule has 5 nitrogen and oxygen atoms in total. The quantitative estimate of drug-likeness (QED) is 0.645. The number of anilines is 1. The van der Waals surface area contributed by atoms with Crippen LogP contribution < -0.4 is 10.6 Å². The molecule has 2 N–H and O–H groups in total. The minimum Gasteiger partial charge on any atom is -0.355 e. The van der Waals surface area contributed by atoms with E-state index in [1.165, 1.54) is 12.1 Å². The fourth-order valence-corrected chi connectivity index (χ4v) is 3.28. The molecule has 0 aliphatic carbocycles. The molecule has 2 amide bonds. The minimum absolute atomic E-state index is 0.0673. The van der Waals surface area contributed by atoms with E-state index in [0.29, 0.717) is 23.5 Å². The van der Waals surface area contributed by atoms with Gasteiger partial charge in [0, 0.05) is 30.6 Å². The van der Waals surface area contributed by atoms with E-state index in [1.807, 2.05) is 18.2 Å². The van der Waals surface area contributed by atoms with E-state index in [9.17, 15) is 14.0 Å². The summed E-state index contributed by atoms with van der Waals surface area (Å²) in [7, 11) is 0. The molecule has 1 aromatic carbocycles. The Morgan fingerprint density at radius 2 is 2.25 bits per heavy atom. The number of carbonyl (C=O) groups excluding carboxylic acids is 2. The Kier molecular flexibility index (Phi) is 5.10. The number of fused-ring (bicyclic) bond motifs is 1. The van der Waals surface area contributed by atoms with Crippen LogP contribution in [0.25, 0.3) is 0 Å². The average Bonchev–Trinajstić information content (AvgIpc) is 2.58. The molecule has 0 radical (unpaired) electrons. The number of nitrogens with zero attached hydrogens (tertiary/aromatic N) is 1. The van der Waals surface area contributed by atoms with Crippen molar-refractivity contribution >= 4 is 29.3 Å². The van der Waals surface area contributed by atoms with Crippen LogP contribution in [0.2, 0.25) is 0 Å². The van der Waals surface area contributed by atoms with E-state index in [0.717, 1.165) is 5.03 Å². The Morgan fingerprint density at radius 3 is 3.04 bits per heavy atom. The topological polar surface area (TPSA) is 71.1 Å². The number of benzene rings is 1. The van der Waals surface area contributed by atoms with Gasteiger partial charge in [-0.15, -0.1) is 11.8 Å². The molecule has 1 aliphatic rings. The van der Waals surface area contributed by atoms with Gasteiger partial charge >= 0.3 is 0 Å². The van der Waals surface area contributed by atoms with Crippen LogP contribution in [0, 0.1) is 5.82 Å². The number of rotatable bonds is 5. The van der Waals surface area contributed by atoms with E-state index < -0.39 is 11.7 Å². The summed E-state index contributed by atoms with van der Waals surface area (Å²) < 4.78 is 13.3. The third-order valence-electron chi connectivity index (χ3n) is 3.66. The lowest BCUT2D eigenvalue weighted by Crippen LogP contribution is -2.36. The van der Waals surface area contributed by atoms with Gasteiger partial charge < -0.3 is 10.6 Å². The lowest BCUT2D eigenvalue weighted by Gasteiger charge is -2.24. The van der Waals surface area contributed by atoms with Gasteiger partial charge in [0.1, 0.15) is 5.82 Å². The molecular formula is C17H16FN3O2S. The summed E-state index contributed by atoms with van der Waals surface area (Å²) in [4.78, 5) is 28.3. The maximum absolute atomic E-state index is 13.3. The van der Waals surface area contributed by atoms with Gasteiger partial charge in [0.25, 0.3) is 0 Å². The molecule has 1 unspecified atom stereocenters. The zero-order valence-corrected chi connectivity index (χ0v) is 13.6. The number of thioether (sulfide) groups is 1. The van der Waals surface area contributed by atoms with Crippen molar-refractivity contribution in [1.82, 2.24) is 10.3 Å². The van der Waals surface area contributed by atoms with Crippen molar-refractivity contribution in [3.63, 3.8) is 0 Å². The minimum atomic E-state index is -0.589. The highest BCUT2D eigenvalue weighted by molar-refractivity contribution is 7.99. The normalized spacial score (nSPS) is 16.2. The molecule has 1 aromatic heterocycles. The van der Waals surface area contributed by atoms with Gasteiger partial charge in [0.05, 0.1) is 10.9 Å². The van der Waals surface area contributed by atoms with E-state index in [2.05, 4.69) is 15.6 Å². The molecule has 7 heteroatoms. The molecule has 0 bridgehead atoms. The first-order chi connectivity index (χ1) is 11.6. The SMILES string of the molecule is O=C1CC(C(=O)NCCSc2ccccn2)c2ccc(F)cc2N1. The zero-order chi connectivity index (χ0) is 16.9. The van der Waals surface area contributed by atoms with E-state index in [-0.39, 0.29) is 18.2 Å². The summed E-state index contributed by atoms with van der Waals surface area (Å²) in [5.74, 6) is -0.857. The van der Waals surface area contributed by atoms with E-state index >= 15 is 0 Å². The molecule has 2 aromatic rings. The number of hydrogen-bond donors (Lipinski definition) is 2. The van der Waals surface area contributed by atoms with Crippen LogP contribution in [-0.4, -0.2) is 29.1 Å². The van der Waals surface area contributed by atoms with Gasteiger partial charge in [-0.2, -0.15) is 0 Å². The maximum Gasteiger partial charge on any atom is 0.228 e. The van der Waals surface area contributed by atoms with Gasteiger partial charge in [0.15, 0.2) is 0 Å². The number of nitrogens with one attached hydrogen (secondary N) is 2. The van der Waals surface area contributed by atoms with Crippen LogP contribution >= 0.6 is 11.8 Å². The van der Waals surface area contributed by atoms with Gasteiger partial charge in [-0.1, -0.05) is 12.1 Å². The predicted octanol–water partition coefficient (Wildman–Crippen LogP) is 2.55. The zero-order valence-electron chi connectivity index (χ0n) is 12.8. The number of carbonyl (C=O) groups is 2. The van der Waals surface area contributed by atoms with Gasteiger partial charge in [-0.05, 0) is 29.8 Å². The van der Waals surface area contributed by atoms with Crippen molar-refractivity contribution in [2.24, 2.45) is 0 Å². The highest BCUT2D eigenvalue weighted by Crippen LogP contribution is 2.32. The van der Waals surface area contributed by atoms with Gasteiger partial charge in [-0.25, -0.2) is 9.37 Å². The lowest BCUT2D eigenvalue weighted by atomic mass is 9.90. The van der Waals surface area contributed by atoms with E-state index in [1.54, 1.807) is 24.0 Å². The molecule has 1 aliphatic heterocycles. The first-order valence-electron chi connectivity index (χ1n) is 7.54. The molecular weight excluding hydrogens is 329 g/mol. The summed E-state index contributed by atoms with van der Waals surface area (Å²) in [5, 5.41) is 6.33. The molecule has 0 fully saturated rings. The first-order valence-corrected chi connectivity index (χ1v) is 8.53. The number of hydrogen-bond acceptors (Lipinski definition) is 4. The Bertz CT molecular complexity index is 755. The monoisotopic (exact) mass is 345 g/mol. The second-order valence-electron chi connectivity index (χ2n) is 5.34. The van der Waals surface area contributed by atoms with Gasteiger partial charge in [-0.3, -0.25) is 9.59 Å². The van der Waals surface area contributed by atoms with Crippen LogP contribution in [0.1, 0.15) is 17.9 Å². The van der Waals surface area contributed by atoms with Crippen molar-refractivity contribution in [1.29, 1.82) is 0 Å². The lowest BCUT2D eigenvalue weighted by molar-refractivity contribution is -0.126. The fraction of sp³-hybridized carbons (Fsp3) is 0.235. The Balaban J connectivity index is 1.58. The third-order valence-corrected chi connectivity index (χ3v) is 4.61. The largest absolute Gasteiger partial charge is 0.355 e. The molecule has 0 saturated carbocycles. The molecule has 0 saturated heterocycles. The van der Waals surface area contributed by atoms with Crippen LogP contribution in [0.3, 0.4) is 0 Å². The van der Waals surface area contributed by atoms with Crippen LogP contribution in [0.4, 0.5) is 10.1 Å². The molecule has 3 rings (SSSR count). The fourth-order valence-electron chi connectivity index (χ4n) is 2.56. The van der Waals surface area contributed by atoms with Crippen molar-refractivity contribution in [2.45, 2.75) is 17.4 Å². The van der Waals surface area contributed by atoms with Crippen molar-refractivity contribution < 1.29 is 14.0 Å². The number of halogens is 1. The number of amides is 2. The number of pyridine rings is 1. The summed E-state index contributed by atoms with van der Waals surface area (Å²) in [6.45, 7) is 0.467. The second kappa shape index (κ2) is 7.44. The van der Waals surface area contributed by atoms with Crippen molar-refractivity contribution in [3.05, 3.63) is 54.0 Å². The molecule has 1 atom stereocenters. The standard InChI is InChI=1S/C17H16FN3O2S/c18-11-4-5-12-13(10-15(22)21-14(12)9-11)17(23)20-7-8-24-16-3-1-2-6-19-16/h1-6,9,13H,7-8,10H2,(H,20,23)(H,21,22). The van der Waals surface area contributed by atoms with Crippen molar-refractivity contribution in [3.8, 4) is 0 Å². The summed E-state index contributed by atoms with van der Waals surface area (Å²) in [6, 6.07) is 9.75. The summed E-state index contributed by atoms with van der Waals surface area (Å²) >= 11 is 1.54. The average molecular weight is 345 g/mol. The maximum atomic E-state index is 13.3. The highest BCUT2D eigenvalue weighted by atomic mass is 32.2. The van der Waals surface area contributed by atoms with Gasteiger partial charge in [0.2, 0.25) is 11.8 Å². The van der Waals surface area contributed by atoms with Crippen molar-refractivity contribution in [2.75, 3.05) is 17.6 Å². The number of aromatic nitrogens is 1. The smallest absolute Gasteiger partial charge is 0.228 e.